The summed E-state index contributed by atoms with van der Waals surface area (Å²) in [5.41, 5.74) is 0.916. The first-order valence-electron chi connectivity index (χ1n) is 9.18. The van der Waals surface area contributed by atoms with Crippen LogP contribution in [0.25, 0.3) is 0 Å². The number of hydrogen-bond acceptors (Lipinski definition) is 4. The van der Waals surface area contributed by atoms with E-state index >= 15 is 0 Å². The number of aliphatic imine (C=N–C) groups is 1. The first-order chi connectivity index (χ1) is 12.7. The zero-order valence-electron chi connectivity index (χ0n) is 15.6. The monoisotopic (exact) mass is 372 g/mol. The molecule has 1 saturated heterocycles. The van der Waals surface area contributed by atoms with Crippen LogP contribution >= 0.6 is 11.3 Å². The van der Waals surface area contributed by atoms with Gasteiger partial charge in [-0.15, -0.1) is 11.3 Å². The van der Waals surface area contributed by atoms with Crippen molar-refractivity contribution in [2.24, 2.45) is 10.9 Å². The molecule has 0 amide bonds. The summed E-state index contributed by atoms with van der Waals surface area (Å²) in [6, 6.07) is 11.9. The molecule has 0 bridgehead atoms. The van der Waals surface area contributed by atoms with E-state index in [0.717, 1.165) is 50.8 Å². The second-order valence-corrected chi connectivity index (χ2v) is 7.81. The Balaban J connectivity index is 1.48. The molecule has 1 aromatic carbocycles. The number of aromatic hydroxyl groups is 1. The highest BCUT2D eigenvalue weighted by atomic mass is 32.1. The van der Waals surface area contributed by atoms with Crippen molar-refractivity contribution in [1.29, 1.82) is 0 Å². The van der Waals surface area contributed by atoms with E-state index in [-0.39, 0.29) is 0 Å². The third kappa shape index (κ3) is 4.69. The summed E-state index contributed by atoms with van der Waals surface area (Å²) in [6.07, 6.45) is 1.10. The normalized spacial score (nSPS) is 16.6. The lowest BCUT2D eigenvalue weighted by atomic mass is 10.1. The first kappa shape index (κ1) is 18.6. The molecule has 5 nitrogen and oxygen atoms in total. The molecule has 6 heteroatoms. The first-order valence-corrected chi connectivity index (χ1v) is 10.1. The predicted molar refractivity (Wildman–Crippen MR) is 110 cm³/mol. The standard InChI is InChI=1S/C20H28N4OS/c1-16(14-17-6-5-13-26-17)15-22-20(21-2)24-11-9-23(10-12-24)18-7-3-4-8-19(18)25/h3-8,13,16,25H,9-12,14-15H2,1-2H3,(H,21,22). The zero-order valence-corrected chi connectivity index (χ0v) is 16.4. The van der Waals surface area contributed by atoms with E-state index in [1.165, 1.54) is 4.88 Å². The summed E-state index contributed by atoms with van der Waals surface area (Å²) in [5, 5.41) is 15.7. The number of phenols is 1. The van der Waals surface area contributed by atoms with Crippen molar-refractivity contribution in [3.8, 4) is 5.75 Å². The number of phenolic OH excluding ortho intramolecular Hbond substituents is 1. The van der Waals surface area contributed by atoms with E-state index in [2.05, 4.69) is 44.5 Å². The van der Waals surface area contributed by atoms with Crippen molar-refractivity contribution in [3.05, 3.63) is 46.7 Å². The molecular formula is C20H28N4OS. The Hall–Kier alpha value is -2.21. The summed E-state index contributed by atoms with van der Waals surface area (Å²) in [4.78, 5) is 10.4. The minimum absolute atomic E-state index is 0.353. The molecule has 26 heavy (non-hydrogen) atoms. The molecule has 1 aromatic heterocycles. The highest BCUT2D eigenvalue weighted by molar-refractivity contribution is 7.09. The summed E-state index contributed by atoms with van der Waals surface area (Å²) in [7, 11) is 1.85. The number of para-hydroxylation sites is 2. The number of nitrogens with one attached hydrogen (secondary N) is 1. The van der Waals surface area contributed by atoms with Crippen LogP contribution in [0, 0.1) is 5.92 Å². The third-order valence-corrected chi connectivity index (χ3v) is 5.65. The van der Waals surface area contributed by atoms with Crippen molar-refractivity contribution in [2.45, 2.75) is 13.3 Å². The number of guanidine groups is 1. The van der Waals surface area contributed by atoms with E-state index in [1.54, 1.807) is 6.07 Å². The molecule has 0 aliphatic carbocycles. The number of piperazine rings is 1. The number of thiophene rings is 1. The minimum atomic E-state index is 0.353. The predicted octanol–water partition coefficient (Wildman–Crippen LogP) is 3.03. The van der Waals surface area contributed by atoms with Gasteiger partial charge < -0.3 is 20.2 Å². The average molecular weight is 373 g/mol. The van der Waals surface area contributed by atoms with Crippen LogP contribution in [0.5, 0.6) is 5.75 Å². The number of benzene rings is 1. The topological polar surface area (TPSA) is 51.1 Å². The lowest BCUT2D eigenvalue weighted by molar-refractivity contribution is 0.366. The Morgan fingerprint density at radius 1 is 1.19 bits per heavy atom. The van der Waals surface area contributed by atoms with Gasteiger partial charge in [0.05, 0.1) is 5.69 Å². The van der Waals surface area contributed by atoms with Gasteiger partial charge in [0.25, 0.3) is 0 Å². The molecule has 140 valence electrons. The number of hydrogen-bond donors (Lipinski definition) is 2. The summed E-state index contributed by atoms with van der Waals surface area (Å²) >= 11 is 1.82. The van der Waals surface area contributed by atoms with Crippen LogP contribution in [0.3, 0.4) is 0 Å². The van der Waals surface area contributed by atoms with Gasteiger partial charge in [-0.2, -0.15) is 0 Å². The molecule has 2 N–H and O–H groups in total. The van der Waals surface area contributed by atoms with Gasteiger partial charge in [-0.1, -0.05) is 25.1 Å². The Kier molecular flexibility index (Phi) is 6.39. The molecule has 1 unspecified atom stereocenters. The molecule has 2 heterocycles. The van der Waals surface area contributed by atoms with E-state index in [9.17, 15) is 5.11 Å². The molecule has 2 aromatic rings. The smallest absolute Gasteiger partial charge is 0.193 e. The highest BCUT2D eigenvalue weighted by Crippen LogP contribution is 2.27. The van der Waals surface area contributed by atoms with Gasteiger partial charge >= 0.3 is 0 Å². The maximum absolute atomic E-state index is 10.0. The fourth-order valence-electron chi connectivity index (χ4n) is 3.33. The molecule has 1 atom stereocenters. The van der Waals surface area contributed by atoms with Crippen LogP contribution in [-0.2, 0) is 6.42 Å². The second kappa shape index (κ2) is 8.94. The molecule has 0 spiro atoms. The fourth-order valence-corrected chi connectivity index (χ4v) is 4.20. The Bertz CT molecular complexity index is 708. The Labute approximate surface area is 160 Å². The van der Waals surface area contributed by atoms with Gasteiger partial charge in [0.2, 0.25) is 0 Å². The number of anilines is 1. The fraction of sp³-hybridized carbons (Fsp3) is 0.450. The van der Waals surface area contributed by atoms with Gasteiger partial charge in [-0.3, -0.25) is 4.99 Å². The molecular weight excluding hydrogens is 344 g/mol. The van der Waals surface area contributed by atoms with Crippen LogP contribution in [0.2, 0.25) is 0 Å². The van der Waals surface area contributed by atoms with Crippen molar-refractivity contribution in [2.75, 3.05) is 44.7 Å². The van der Waals surface area contributed by atoms with E-state index < -0.39 is 0 Å². The van der Waals surface area contributed by atoms with Crippen LogP contribution in [0.4, 0.5) is 5.69 Å². The largest absolute Gasteiger partial charge is 0.506 e. The highest BCUT2D eigenvalue weighted by Gasteiger charge is 2.21. The number of nitrogens with zero attached hydrogens (tertiary/aromatic N) is 3. The molecule has 0 radical (unpaired) electrons. The maximum atomic E-state index is 10.0. The number of rotatable bonds is 5. The second-order valence-electron chi connectivity index (χ2n) is 6.78. The third-order valence-electron chi connectivity index (χ3n) is 4.75. The summed E-state index contributed by atoms with van der Waals surface area (Å²) < 4.78 is 0. The quantitative estimate of drug-likeness (QED) is 0.626. The van der Waals surface area contributed by atoms with Gasteiger partial charge in [0, 0.05) is 44.6 Å². The Morgan fingerprint density at radius 3 is 2.62 bits per heavy atom. The van der Waals surface area contributed by atoms with Gasteiger partial charge in [0.1, 0.15) is 5.75 Å². The van der Waals surface area contributed by atoms with Crippen molar-refractivity contribution in [3.63, 3.8) is 0 Å². The van der Waals surface area contributed by atoms with Crippen molar-refractivity contribution in [1.82, 2.24) is 10.2 Å². The van der Waals surface area contributed by atoms with Crippen LogP contribution in [-0.4, -0.2) is 55.7 Å². The van der Waals surface area contributed by atoms with Crippen LogP contribution in [0.15, 0.2) is 46.8 Å². The van der Waals surface area contributed by atoms with E-state index in [4.69, 9.17) is 0 Å². The van der Waals surface area contributed by atoms with Gasteiger partial charge in [0.15, 0.2) is 5.96 Å². The zero-order chi connectivity index (χ0) is 18.4. The van der Waals surface area contributed by atoms with Gasteiger partial charge in [-0.25, -0.2) is 0 Å². The van der Waals surface area contributed by atoms with Crippen LogP contribution in [0.1, 0.15) is 11.8 Å². The lowest BCUT2D eigenvalue weighted by Gasteiger charge is -2.38. The summed E-state index contributed by atoms with van der Waals surface area (Å²) in [5.74, 6) is 1.89. The minimum Gasteiger partial charge on any atom is -0.506 e. The molecule has 0 saturated carbocycles. The average Bonchev–Trinajstić information content (AvgIpc) is 3.16. The summed E-state index contributed by atoms with van der Waals surface area (Å²) in [6.45, 7) is 6.74. The molecule has 1 aliphatic rings. The van der Waals surface area contributed by atoms with Gasteiger partial charge in [-0.05, 0) is 35.9 Å². The van der Waals surface area contributed by atoms with Crippen molar-refractivity contribution < 1.29 is 5.11 Å². The van der Waals surface area contributed by atoms with Crippen LogP contribution < -0.4 is 10.2 Å². The Morgan fingerprint density at radius 2 is 1.96 bits per heavy atom. The molecule has 3 rings (SSSR count). The molecule has 1 fully saturated rings. The van der Waals surface area contributed by atoms with Crippen molar-refractivity contribution >= 4 is 23.0 Å². The van der Waals surface area contributed by atoms with E-state index in [0.29, 0.717) is 11.7 Å². The molecule has 1 aliphatic heterocycles. The lowest BCUT2D eigenvalue weighted by Crippen LogP contribution is -2.53. The SMILES string of the molecule is CN=C(NCC(C)Cc1cccs1)N1CCN(c2ccccc2O)CC1. The van der Waals surface area contributed by atoms with E-state index in [1.807, 2.05) is 36.6 Å². The maximum Gasteiger partial charge on any atom is 0.193 e.